The maximum Gasteiger partial charge on any atom is 0.334 e. The number of morpholine rings is 1. The summed E-state index contributed by atoms with van der Waals surface area (Å²) in [4.78, 5) is 30.7. The van der Waals surface area contributed by atoms with Crippen molar-refractivity contribution in [1.82, 2.24) is 9.88 Å². The third-order valence-electron chi connectivity index (χ3n) is 3.08. The van der Waals surface area contributed by atoms with Crippen LogP contribution in [0.25, 0.3) is 0 Å². The van der Waals surface area contributed by atoms with Gasteiger partial charge in [0.15, 0.2) is 6.10 Å². The molecule has 1 saturated heterocycles. The van der Waals surface area contributed by atoms with Gasteiger partial charge in [-0.1, -0.05) is 0 Å². The van der Waals surface area contributed by atoms with Gasteiger partial charge in [-0.2, -0.15) is 0 Å². The Hall–Kier alpha value is -2.15. The minimum absolute atomic E-state index is 0.0633. The van der Waals surface area contributed by atoms with Crippen molar-refractivity contribution in [2.24, 2.45) is 0 Å². The van der Waals surface area contributed by atoms with Crippen molar-refractivity contribution in [2.45, 2.75) is 6.10 Å². The first-order valence-corrected chi connectivity index (χ1v) is 6.26. The van der Waals surface area contributed by atoms with Crippen molar-refractivity contribution in [1.29, 1.82) is 0 Å². The molecule has 0 saturated carbocycles. The van der Waals surface area contributed by atoms with Crippen LogP contribution in [0.3, 0.4) is 0 Å². The molecule has 2 rings (SSSR count). The van der Waals surface area contributed by atoms with Crippen LogP contribution in [0.2, 0.25) is 0 Å². The van der Waals surface area contributed by atoms with Crippen LogP contribution in [-0.4, -0.2) is 66.8 Å². The molecule has 108 valence electrons. The van der Waals surface area contributed by atoms with Crippen LogP contribution >= 0.6 is 0 Å². The highest BCUT2D eigenvalue weighted by Gasteiger charge is 2.29. The molecule has 0 bridgehead atoms. The highest BCUT2D eigenvalue weighted by Crippen LogP contribution is 2.14. The Morgan fingerprint density at radius 1 is 1.50 bits per heavy atom. The summed E-state index contributed by atoms with van der Waals surface area (Å²) in [7, 11) is 3.68. The monoisotopic (exact) mass is 279 g/mol. The van der Waals surface area contributed by atoms with E-state index in [4.69, 9.17) is 9.84 Å². The molecule has 2 heterocycles. The fourth-order valence-corrected chi connectivity index (χ4v) is 1.96. The molecule has 0 spiro atoms. The predicted molar refractivity (Wildman–Crippen MR) is 71.8 cm³/mol. The molecule has 0 radical (unpaired) electrons. The minimum atomic E-state index is -1.05. The fraction of sp³-hybridized carbons (Fsp3) is 0.462. The predicted octanol–water partition coefficient (Wildman–Crippen LogP) is 0.0732. The second-order valence-corrected chi connectivity index (χ2v) is 4.75. The molecule has 1 aromatic rings. The van der Waals surface area contributed by atoms with Crippen LogP contribution in [0.1, 0.15) is 10.4 Å². The number of pyridine rings is 1. The third kappa shape index (κ3) is 3.05. The molecule has 7 nitrogen and oxygen atoms in total. The zero-order chi connectivity index (χ0) is 14.7. The lowest BCUT2D eigenvalue weighted by Gasteiger charge is -2.31. The van der Waals surface area contributed by atoms with Crippen molar-refractivity contribution in [3.8, 4) is 0 Å². The Bertz CT molecular complexity index is 518. The van der Waals surface area contributed by atoms with Crippen LogP contribution in [-0.2, 0) is 9.53 Å². The van der Waals surface area contributed by atoms with E-state index in [0.29, 0.717) is 17.9 Å². The van der Waals surface area contributed by atoms with Gasteiger partial charge in [0.05, 0.1) is 13.2 Å². The summed E-state index contributed by atoms with van der Waals surface area (Å²) >= 11 is 0. The van der Waals surface area contributed by atoms with Crippen LogP contribution in [0, 0.1) is 0 Å². The lowest BCUT2D eigenvalue weighted by Crippen LogP contribution is -2.48. The highest BCUT2D eigenvalue weighted by molar-refractivity contribution is 5.95. The number of carbonyl (C=O) groups excluding carboxylic acids is 1. The summed E-state index contributed by atoms with van der Waals surface area (Å²) in [6, 6.07) is 3.31. The summed E-state index contributed by atoms with van der Waals surface area (Å²) in [6.45, 7) is 0.685. The topological polar surface area (TPSA) is 83.0 Å². The smallest absolute Gasteiger partial charge is 0.334 e. The van der Waals surface area contributed by atoms with Crippen molar-refractivity contribution in [3.05, 3.63) is 23.9 Å². The Morgan fingerprint density at radius 2 is 2.25 bits per heavy atom. The molecular formula is C13H17N3O4. The number of hydrogen-bond donors (Lipinski definition) is 1. The number of ether oxygens (including phenoxy) is 1. The lowest BCUT2D eigenvalue weighted by molar-refractivity contribution is -0.154. The van der Waals surface area contributed by atoms with E-state index >= 15 is 0 Å². The Kier molecular flexibility index (Phi) is 4.19. The van der Waals surface area contributed by atoms with E-state index < -0.39 is 12.1 Å². The van der Waals surface area contributed by atoms with Gasteiger partial charge in [0.25, 0.3) is 5.91 Å². The number of carbonyl (C=O) groups is 2. The van der Waals surface area contributed by atoms with Crippen molar-refractivity contribution in [3.63, 3.8) is 0 Å². The molecule has 0 aromatic carbocycles. The van der Waals surface area contributed by atoms with Gasteiger partial charge in [0, 0.05) is 32.4 Å². The zero-order valence-electron chi connectivity index (χ0n) is 11.4. The molecule has 1 aliphatic rings. The molecule has 1 amide bonds. The number of hydrogen-bond acceptors (Lipinski definition) is 5. The molecule has 20 heavy (non-hydrogen) atoms. The first kappa shape index (κ1) is 14.3. The van der Waals surface area contributed by atoms with E-state index in [1.165, 1.54) is 4.90 Å². The molecule has 0 aliphatic carbocycles. The number of aliphatic carboxylic acids is 1. The van der Waals surface area contributed by atoms with Gasteiger partial charge in [-0.15, -0.1) is 0 Å². The largest absolute Gasteiger partial charge is 0.479 e. The van der Waals surface area contributed by atoms with Gasteiger partial charge in [-0.25, -0.2) is 9.78 Å². The SMILES string of the molecule is CN(C)c1cc(C(=O)N2CCOC(C(=O)O)C2)ccn1. The molecule has 1 N–H and O–H groups in total. The van der Waals surface area contributed by atoms with E-state index in [2.05, 4.69) is 4.98 Å². The van der Waals surface area contributed by atoms with Crippen molar-refractivity contribution < 1.29 is 19.4 Å². The summed E-state index contributed by atoms with van der Waals surface area (Å²) < 4.78 is 5.10. The molecule has 1 aliphatic heterocycles. The normalized spacial score (nSPS) is 18.7. The molecule has 1 aromatic heterocycles. The van der Waals surface area contributed by atoms with Crippen LogP contribution in [0.4, 0.5) is 5.82 Å². The number of carboxylic acids is 1. The summed E-state index contributed by atoms with van der Waals surface area (Å²) in [6.07, 6.45) is 0.611. The van der Waals surface area contributed by atoms with Gasteiger partial charge >= 0.3 is 5.97 Å². The lowest BCUT2D eigenvalue weighted by atomic mass is 10.2. The van der Waals surface area contributed by atoms with Gasteiger partial charge in [-0.05, 0) is 12.1 Å². The van der Waals surface area contributed by atoms with Gasteiger partial charge in [0.2, 0.25) is 0 Å². The Labute approximate surface area is 116 Å². The summed E-state index contributed by atoms with van der Waals surface area (Å²) in [5.74, 6) is -0.574. The molecular weight excluding hydrogens is 262 g/mol. The highest BCUT2D eigenvalue weighted by atomic mass is 16.5. The van der Waals surface area contributed by atoms with Gasteiger partial charge in [0.1, 0.15) is 5.82 Å². The van der Waals surface area contributed by atoms with Crippen LogP contribution in [0.15, 0.2) is 18.3 Å². The van der Waals surface area contributed by atoms with E-state index in [-0.39, 0.29) is 19.1 Å². The standard InChI is InChI=1S/C13H17N3O4/c1-15(2)11-7-9(3-4-14-11)12(17)16-5-6-20-10(8-16)13(18)19/h3-4,7,10H,5-6,8H2,1-2H3,(H,18,19). The number of anilines is 1. The average Bonchev–Trinajstić information content (AvgIpc) is 2.46. The molecule has 1 unspecified atom stereocenters. The van der Waals surface area contributed by atoms with Gasteiger partial charge in [-0.3, -0.25) is 4.79 Å². The number of nitrogens with zero attached hydrogens (tertiary/aromatic N) is 3. The second-order valence-electron chi connectivity index (χ2n) is 4.75. The quantitative estimate of drug-likeness (QED) is 0.843. The molecule has 1 atom stereocenters. The molecule has 1 fully saturated rings. The first-order chi connectivity index (χ1) is 9.49. The number of carboxylic acid groups (broad SMARTS) is 1. The first-order valence-electron chi connectivity index (χ1n) is 6.26. The summed E-state index contributed by atoms with van der Waals surface area (Å²) in [5, 5.41) is 8.95. The van der Waals surface area contributed by atoms with E-state index in [1.807, 2.05) is 14.1 Å². The van der Waals surface area contributed by atoms with E-state index in [9.17, 15) is 9.59 Å². The van der Waals surface area contributed by atoms with Crippen LogP contribution < -0.4 is 4.90 Å². The van der Waals surface area contributed by atoms with Crippen LogP contribution in [0.5, 0.6) is 0 Å². The van der Waals surface area contributed by atoms with E-state index in [0.717, 1.165) is 0 Å². The molecule has 7 heteroatoms. The summed E-state index contributed by atoms with van der Waals surface area (Å²) in [5.41, 5.74) is 0.495. The maximum atomic E-state index is 12.4. The minimum Gasteiger partial charge on any atom is -0.479 e. The average molecular weight is 279 g/mol. The zero-order valence-corrected chi connectivity index (χ0v) is 11.4. The number of rotatable bonds is 3. The third-order valence-corrected chi connectivity index (χ3v) is 3.08. The van der Waals surface area contributed by atoms with Gasteiger partial charge < -0.3 is 19.6 Å². The second kappa shape index (κ2) is 5.87. The van der Waals surface area contributed by atoms with Crippen molar-refractivity contribution >= 4 is 17.7 Å². The Balaban J connectivity index is 2.14. The number of amides is 1. The fourth-order valence-electron chi connectivity index (χ4n) is 1.96. The maximum absolute atomic E-state index is 12.4. The number of aromatic nitrogens is 1. The van der Waals surface area contributed by atoms with E-state index in [1.54, 1.807) is 23.2 Å². The van der Waals surface area contributed by atoms with Crippen molar-refractivity contribution in [2.75, 3.05) is 38.7 Å². The Morgan fingerprint density at radius 3 is 2.90 bits per heavy atom.